The highest BCUT2D eigenvalue weighted by Gasteiger charge is 2.23. The molecule has 128 valence electrons. The van der Waals surface area contributed by atoms with Crippen LogP contribution in [-0.4, -0.2) is 47.0 Å². The molecule has 1 aromatic heterocycles. The predicted molar refractivity (Wildman–Crippen MR) is 90.7 cm³/mol. The molecule has 1 aliphatic rings. The van der Waals surface area contributed by atoms with Crippen molar-refractivity contribution in [3.63, 3.8) is 0 Å². The van der Waals surface area contributed by atoms with Gasteiger partial charge in [-0.15, -0.1) is 0 Å². The minimum Gasteiger partial charge on any atom is -0.351 e. The summed E-state index contributed by atoms with van der Waals surface area (Å²) >= 11 is 0. The lowest BCUT2D eigenvalue weighted by molar-refractivity contribution is 0.0945. The Morgan fingerprint density at radius 3 is 2.78 bits per heavy atom. The van der Waals surface area contributed by atoms with Crippen LogP contribution in [0.4, 0.5) is 0 Å². The van der Waals surface area contributed by atoms with Crippen molar-refractivity contribution in [1.82, 2.24) is 20.2 Å². The molecule has 1 atom stereocenters. The third-order valence-electron chi connectivity index (χ3n) is 4.16. The molecule has 1 unspecified atom stereocenters. The second kappa shape index (κ2) is 7.73. The van der Waals surface area contributed by atoms with E-state index in [0.717, 1.165) is 26.1 Å². The first kappa shape index (κ1) is 17.7. The van der Waals surface area contributed by atoms with Crippen LogP contribution in [0.3, 0.4) is 0 Å². The normalized spacial score (nSPS) is 18.8. The molecule has 0 bridgehead atoms. The maximum Gasteiger partial charge on any atom is 0.263 e. The molecule has 0 radical (unpaired) electrons. The molecular formula is C17H28N4O2. The van der Waals surface area contributed by atoms with Gasteiger partial charge in [0.05, 0.1) is 0 Å². The van der Waals surface area contributed by atoms with E-state index in [0.29, 0.717) is 24.2 Å². The summed E-state index contributed by atoms with van der Waals surface area (Å²) in [5.41, 5.74) is -0.277. The van der Waals surface area contributed by atoms with Crippen molar-refractivity contribution < 1.29 is 4.79 Å². The lowest BCUT2D eigenvalue weighted by Gasteiger charge is -2.18. The molecule has 1 saturated heterocycles. The van der Waals surface area contributed by atoms with Crippen molar-refractivity contribution in [3.05, 3.63) is 27.9 Å². The number of nitrogens with one attached hydrogen (secondary N) is 2. The van der Waals surface area contributed by atoms with Crippen LogP contribution in [0.5, 0.6) is 0 Å². The molecule has 0 spiro atoms. The molecule has 0 aliphatic carbocycles. The number of hydrogen-bond donors (Lipinski definition) is 2. The van der Waals surface area contributed by atoms with Gasteiger partial charge in [0.25, 0.3) is 11.5 Å². The van der Waals surface area contributed by atoms with Crippen LogP contribution in [0, 0.1) is 11.8 Å². The van der Waals surface area contributed by atoms with Gasteiger partial charge in [-0.3, -0.25) is 9.59 Å². The zero-order valence-electron chi connectivity index (χ0n) is 14.6. The van der Waals surface area contributed by atoms with Crippen LogP contribution in [-0.2, 0) is 0 Å². The maximum absolute atomic E-state index is 12.2. The molecule has 1 fully saturated rings. The highest BCUT2D eigenvalue weighted by molar-refractivity contribution is 5.93. The number of amides is 1. The van der Waals surface area contributed by atoms with Crippen molar-refractivity contribution in [1.29, 1.82) is 0 Å². The van der Waals surface area contributed by atoms with Gasteiger partial charge < -0.3 is 15.2 Å². The van der Waals surface area contributed by atoms with Gasteiger partial charge in [-0.1, -0.05) is 27.7 Å². The quantitative estimate of drug-likeness (QED) is 0.834. The zero-order chi connectivity index (χ0) is 17.0. The fourth-order valence-corrected chi connectivity index (χ4v) is 2.96. The largest absolute Gasteiger partial charge is 0.351 e. The number of likely N-dealkylation sites (tertiary alicyclic amines) is 1. The van der Waals surface area contributed by atoms with Crippen LogP contribution in [0.2, 0.25) is 0 Å². The standard InChI is InChI=1S/C17H28N4O2/c1-11(2)9-21-6-5-13(10-21)7-19-16(22)14-8-18-15(12(3)4)20-17(14)23/h8,11-13H,5-7,9-10H2,1-4H3,(H,19,22)(H,18,20,23). The minimum atomic E-state index is -0.367. The van der Waals surface area contributed by atoms with E-state index in [9.17, 15) is 9.59 Å². The Labute approximate surface area is 137 Å². The van der Waals surface area contributed by atoms with E-state index in [1.807, 2.05) is 13.8 Å². The molecule has 0 aromatic carbocycles. The van der Waals surface area contributed by atoms with E-state index < -0.39 is 0 Å². The maximum atomic E-state index is 12.2. The first-order valence-electron chi connectivity index (χ1n) is 8.46. The summed E-state index contributed by atoms with van der Waals surface area (Å²) in [6.45, 7) is 12.1. The first-order chi connectivity index (χ1) is 10.9. The monoisotopic (exact) mass is 320 g/mol. The Balaban J connectivity index is 1.87. The minimum absolute atomic E-state index is 0.0893. The van der Waals surface area contributed by atoms with Crippen LogP contribution in [0.25, 0.3) is 0 Å². The first-order valence-corrected chi connectivity index (χ1v) is 8.46. The summed E-state index contributed by atoms with van der Waals surface area (Å²) in [6, 6.07) is 0. The molecule has 23 heavy (non-hydrogen) atoms. The van der Waals surface area contributed by atoms with Gasteiger partial charge in [-0.2, -0.15) is 0 Å². The fraction of sp³-hybridized carbons (Fsp3) is 0.706. The molecule has 6 heteroatoms. The van der Waals surface area contributed by atoms with Gasteiger partial charge in [-0.05, 0) is 24.8 Å². The van der Waals surface area contributed by atoms with Crippen LogP contribution in [0.1, 0.15) is 56.2 Å². The number of H-pyrrole nitrogens is 1. The van der Waals surface area contributed by atoms with Crippen LogP contribution >= 0.6 is 0 Å². The summed E-state index contributed by atoms with van der Waals surface area (Å²) in [5.74, 6) is 1.51. The van der Waals surface area contributed by atoms with E-state index in [4.69, 9.17) is 0 Å². The number of aromatic amines is 1. The van der Waals surface area contributed by atoms with Gasteiger partial charge >= 0.3 is 0 Å². The van der Waals surface area contributed by atoms with Crippen molar-refractivity contribution in [3.8, 4) is 0 Å². The Morgan fingerprint density at radius 2 is 2.17 bits per heavy atom. The van der Waals surface area contributed by atoms with Gasteiger partial charge in [0, 0.05) is 31.7 Å². The highest BCUT2D eigenvalue weighted by Crippen LogP contribution is 2.16. The van der Waals surface area contributed by atoms with Crippen molar-refractivity contribution in [2.75, 3.05) is 26.2 Å². The summed E-state index contributed by atoms with van der Waals surface area (Å²) < 4.78 is 0. The van der Waals surface area contributed by atoms with Crippen LogP contribution in [0.15, 0.2) is 11.0 Å². The highest BCUT2D eigenvalue weighted by atomic mass is 16.2. The third kappa shape index (κ3) is 4.89. The van der Waals surface area contributed by atoms with Gasteiger partial charge in [0.15, 0.2) is 0 Å². The molecule has 1 aromatic rings. The fourth-order valence-electron chi connectivity index (χ4n) is 2.96. The third-order valence-corrected chi connectivity index (χ3v) is 4.16. The predicted octanol–water partition coefficient (Wildman–Crippen LogP) is 1.60. The Morgan fingerprint density at radius 1 is 1.43 bits per heavy atom. The number of rotatable bonds is 6. The lowest BCUT2D eigenvalue weighted by Crippen LogP contribution is -2.35. The van der Waals surface area contributed by atoms with E-state index >= 15 is 0 Å². The number of nitrogens with zero attached hydrogens (tertiary/aromatic N) is 2. The SMILES string of the molecule is CC(C)CN1CCC(CNC(=O)c2cnc(C(C)C)[nH]c2=O)C1. The second-order valence-electron chi connectivity index (χ2n) is 7.18. The molecule has 1 aliphatic heterocycles. The smallest absolute Gasteiger partial charge is 0.263 e. The van der Waals surface area contributed by atoms with E-state index in [1.54, 1.807) is 0 Å². The summed E-state index contributed by atoms with van der Waals surface area (Å²) in [6.07, 6.45) is 2.47. The van der Waals surface area contributed by atoms with Crippen molar-refractivity contribution in [2.24, 2.45) is 11.8 Å². The average molecular weight is 320 g/mol. The summed E-state index contributed by atoms with van der Waals surface area (Å²) in [7, 11) is 0. The molecule has 6 nitrogen and oxygen atoms in total. The average Bonchev–Trinajstić information content (AvgIpc) is 2.91. The topological polar surface area (TPSA) is 78.1 Å². The molecule has 1 amide bonds. The molecule has 2 N–H and O–H groups in total. The molecular weight excluding hydrogens is 292 g/mol. The van der Waals surface area contributed by atoms with Gasteiger partial charge in [0.1, 0.15) is 11.4 Å². The Hall–Kier alpha value is -1.69. The van der Waals surface area contributed by atoms with E-state index in [1.165, 1.54) is 6.20 Å². The Kier molecular flexibility index (Phi) is 5.93. The van der Waals surface area contributed by atoms with Crippen molar-refractivity contribution in [2.45, 2.75) is 40.0 Å². The lowest BCUT2D eigenvalue weighted by atomic mass is 10.1. The van der Waals surface area contributed by atoms with E-state index in [2.05, 4.69) is 34.0 Å². The zero-order valence-corrected chi connectivity index (χ0v) is 14.6. The van der Waals surface area contributed by atoms with Gasteiger partial charge in [0.2, 0.25) is 0 Å². The van der Waals surface area contributed by atoms with Crippen LogP contribution < -0.4 is 10.9 Å². The van der Waals surface area contributed by atoms with E-state index in [-0.39, 0.29) is 22.9 Å². The summed E-state index contributed by atoms with van der Waals surface area (Å²) in [4.78, 5) is 33.4. The molecule has 2 heterocycles. The number of carbonyl (C=O) groups is 1. The van der Waals surface area contributed by atoms with Crippen molar-refractivity contribution >= 4 is 5.91 Å². The number of aromatic nitrogens is 2. The summed E-state index contributed by atoms with van der Waals surface area (Å²) in [5, 5.41) is 2.88. The second-order valence-corrected chi connectivity index (χ2v) is 7.18. The molecule has 0 saturated carbocycles. The number of hydrogen-bond acceptors (Lipinski definition) is 4. The van der Waals surface area contributed by atoms with Gasteiger partial charge in [-0.25, -0.2) is 4.98 Å². The Bertz CT molecular complexity index is 595. The molecule has 2 rings (SSSR count). The number of carbonyl (C=O) groups excluding carboxylic acids is 1.